The highest BCUT2D eigenvalue weighted by atomic mass is 16.3. The molecule has 1 aliphatic heterocycles. The van der Waals surface area contributed by atoms with Crippen molar-refractivity contribution in [2.45, 2.75) is 51.0 Å². The molecule has 0 spiro atoms. The minimum atomic E-state index is 0.216. The predicted octanol–water partition coefficient (Wildman–Crippen LogP) is 2.59. The highest BCUT2D eigenvalue weighted by molar-refractivity contribution is 5.97. The molecule has 1 atom stereocenters. The second kappa shape index (κ2) is 6.71. The van der Waals surface area contributed by atoms with E-state index in [4.69, 9.17) is 0 Å². The molecule has 3 rings (SSSR count). The summed E-state index contributed by atoms with van der Waals surface area (Å²) in [5.74, 6) is 0.231. The third-order valence-electron chi connectivity index (χ3n) is 4.98. The molecular weight excluding hydrogens is 262 g/mol. The Morgan fingerprint density at radius 3 is 2.90 bits per heavy atom. The molecule has 1 N–H and O–H groups in total. The molecule has 2 aliphatic rings. The smallest absolute Gasteiger partial charge is 0.176 e. The van der Waals surface area contributed by atoms with Crippen molar-refractivity contribution in [1.29, 1.82) is 0 Å². The maximum absolute atomic E-state index is 12.6. The Morgan fingerprint density at radius 1 is 1.19 bits per heavy atom. The number of hydrogen-bond acceptors (Lipinski definition) is 3. The lowest BCUT2D eigenvalue weighted by molar-refractivity contribution is 0.0799. The number of carbonyl (C=O) groups excluding carboxylic acids is 1. The standard InChI is InChI=1S/C18H25NO2/c20-11-9-17-6-1-2-10-19(17)13-18(21)16-8-7-14-4-3-5-15(14)12-16/h7-8,12,17,20H,1-6,9-11,13H2. The molecule has 1 fully saturated rings. The SMILES string of the molecule is O=C(CN1CCCCC1CCO)c1ccc2c(c1)CCC2. The van der Waals surface area contributed by atoms with Crippen molar-refractivity contribution in [3.8, 4) is 0 Å². The molecule has 1 saturated heterocycles. The molecule has 1 aromatic rings. The quantitative estimate of drug-likeness (QED) is 0.846. The lowest BCUT2D eigenvalue weighted by Gasteiger charge is -2.35. The highest BCUT2D eigenvalue weighted by Crippen LogP contribution is 2.24. The predicted molar refractivity (Wildman–Crippen MR) is 83.7 cm³/mol. The van der Waals surface area contributed by atoms with Crippen LogP contribution in [-0.4, -0.2) is 41.5 Å². The maximum atomic E-state index is 12.6. The number of fused-ring (bicyclic) bond motifs is 1. The fourth-order valence-corrected chi connectivity index (χ4v) is 3.77. The van der Waals surface area contributed by atoms with Gasteiger partial charge in [0.2, 0.25) is 0 Å². The van der Waals surface area contributed by atoms with E-state index in [1.165, 1.54) is 30.4 Å². The van der Waals surface area contributed by atoms with Crippen LogP contribution >= 0.6 is 0 Å². The molecule has 1 aromatic carbocycles. The van der Waals surface area contributed by atoms with Gasteiger partial charge in [-0.1, -0.05) is 18.6 Å². The van der Waals surface area contributed by atoms with Crippen LogP contribution in [0.1, 0.15) is 53.6 Å². The molecule has 1 aliphatic carbocycles. The number of rotatable bonds is 5. The van der Waals surface area contributed by atoms with Gasteiger partial charge in [0.15, 0.2) is 5.78 Å². The van der Waals surface area contributed by atoms with Gasteiger partial charge in [0.25, 0.3) is 0 Å². The summed E-state index contributed by atoms with van der Waals surface area (Å²) >= 11 is 0. The first-order valence-corrected chi connectivity index (χ1v) is 8.28. The zero-order valence-electron chi connectivity index (χ0n) is 12.7. The molecule has 1 heterocycles. The van der Waals surface area contributed by atoms with Crippen LogP contribution in [0.25, 0.3) is 0 Å². The van der Waals surface area contributed by atoms with Gasteiger partial charge in [-0.2, -0.15) is 0 Å². The minimum absolute atomic E-state index is 0.216. The number of piperidine rings is 1. The number of aliphatic hydroxyl groups is 1. The Bertz CT molecular complexity index is 510. The summed E-state index contributed by atoms with van der Waals surface area (Å²) in [6.07, 6.45) is 7.78. The normalized spacial score (nSPS) is 22.2. The van der Waals surface area contributed by atoms with Crippen molar-refractivity contribution in [1.82, 2.24) is 4.90 Å². The van der Waals surface area contributed by atoms with Gasteiger partial charge < -0.3 is 5.11 Å². The summed E-state index contributed by atoms with van der Waals surface area (Å²) in [6.45, 7) is 1.71. The van der Waals surface area contributed by atoms with Gasteiger partial charge in [0.05, 0.1) is 6.54 Å². The lowest BCUT2D eigenvalue weighted by atomic mass is 9.98. The first kappa shape index (κ1) is 14.7. The average Bonchev–Trinajstić information content (AvgIpc) is 2.97. The number of hydrogen-bond donors (Lipinski definition) is 1. The largest absolute Gasteiger partial charge is 0.396 e. The van der Waals surface area contributed by atoms with Crippen LogP contribution in [0.3, 0.4) is 0 Å². The summed E-state index contributed by atoms with van der Waals surface area (Å²) in [5.41, 5.74) is 3.65. The van der Waals surface area contributed by atoms with E-state index in [1.54, 1.807) is 0 Å². The van der Waals surface area contributed by atoms with Crippen LogP contribution in [0, 0.1) is 0 Å². The summed E-state index contributed by atoms with van der Waals surface area (Å²) in [7, 11) is 0. The van der Waals surface area contributed by atoms with Gasteiger partial charge in [-0.25, -0.2) is 0 Å². The van der Waals surface area contributed by atoms with Gasteiger partial charge >= 0.3 is 0 Å². The van der Waals surface area contributed by atoms with E-state index in [-0.39, 0.29) is 12.4 Å². The summed E-state index contributed by atoms with van der Waals surface area (Å²) in [6, 6.07) is 6.62. The first-order valence-electron chi connectivity index (χ1n) is 8.28. The summed E-state index contributed by atoms with van der Waals surface area (Å²) in [4.78, 5) is 14.8. The van der Waals surface area contributed by atoms with Crippen molar-refractivity contribution in [2.24, 2.45) is 0 Å². The molecule has 0 bridgehead atoms. The minimum Gasteiger partial charge on any atom is -0.396 e. The third kappa shape index (κ3) is 3.35. The van der Waals surface area contributed by atoms with Gasteiger partial charge in [-0.3, -0.25) is 9.69 Å². The van der Waals surface area contributed by atoms with Crippen LogP contribution in [-0.2, 0) is 12.8 Å². The van der Waals surface area contributed by atoms with E-state index in [9.17, 15) is 9.90 Å². The molecule has 21 heavy (non-hydrogen) atoms. The van der Waals surface area contributed by atoms with Crippen LogP contribution in [0.5, 0.6) is 0 Å². The summed E-state index contributed by atoms with van der Waals surface area (Å²) in [5, 5.41) is 9.18. The Balaban J connectivity index is 1.67. The number of aliphatic hydroxyl groups excluding tert-OH is 1. The van der Waals surface area contributed by atoms with E-state index in [1.807, 2.05) is 6.07 Å². The molecule has 3 heteroatoms. The van der Waals surface area contributed by atoms with Crippen molar-refractivity contribution in [2.75, 3.05) is 19.7 Å². The highest BCUT2D eigenvalue weighted by Gasteiger charge is 2.24. The van der Waals surface area contributed by atoms with Gasteiger partial charge in [-0.15, -0.1) is 0 Å². The Hall–Kier alpha value is -1.19. The molecule has 0 radical (unpaired) electrons. The topological polar surface area (TPSA) is 40.5 Å². The zero-order chi connectivity index (χ0) is 14.7. The fourth-order valence-electron chi connectivity index (χ4n) is 3.77. The number of Topliss-reactive ketones (excluding diaryl/α,β-unsaturated/α-hetero) is 1. The zero-order valence-corrected chi connectivity index (χ0v) is 12.7. The molecule has 1 unspecified atom stereocenters. The van der Waals surface area contributed by atoms with E-state index < -0.39 is 0 Å². The molecule has 0 amide bonds. The van der Waals surface area contributed by atoms with Gasteiger partial charge in [0.1, 0.15) is 0 Å². The van der Waals surface area contributed by atoms with Crippen molar-refractivity contribution in [3.63, 3.8) is 0 Å². The molecule has 3 nitrogen and oxygen atoms in total. The van der Waals surface area contributed by atoms with E-state index in [2.05, 4.69) is 17.0 Å². The monoisotopic (exact) mass is 287 g/mol. The van der Waals surface area contributed by atoms with Gasteiger partial charge in [-0.05, 0) is 62.3 Å². The second-order valence-corrected chi connectivity index (χ2v) is 6.39. The average molecular weight is 287 g/mol. The molecule has 114 valence electrons. The molecular formula is C18H25NO2. The lowest BCUT2D eigenvalue weighted by Crippen LogP contribution is -2.43. The van der Waals surface area contributed by atoms with Gasteiger partial charge in [0, 0.05) is 18.2 Å². The van der Waals surface area contributed by atoms with Crippen LogP contribution in [0.4, 0.5) is 0 Å². The first-order chi connectivity index (χ1) is 10.3. The second-order valence-electron chi connectivity index (χ2n) is 6.39. The van der Waals surface area contributed by atoms with E-state index >= 15 is 0 Å². The Kier molecular flexibility index (Phi) is 4.71. The maximum Gasteiger partial charge on any atom is 0.176 e. The Morgan fingerprint density at radius 2 is 2.05 bits per heavy atom. The molecule has 0 aromatic heterocycles. The van der Waals surface area contributed by atoms with E-state index in [0.29, 0.717) is 12.6 Å². The Labute approximate surface area is 127 Å². The summed E-state index contributed by atoms with van der Waals surface area (Å²) < 4.78 is 0. The van der Waals surface area contributed by atoms with E-state index in [0.717, 1.165) is 37.8 Å². The van der Waals surface area contributed by atoms with Crippen molar-refractivity contribution >= 4 is 5.78 Å². The van der Waals surface area contributed by atoms with Crippen molar-refractivity contribution < 1.29 is 9.90 Å². The number of carbonyl (C=O) groups is 1. The third-order valence-corrected chi connectivity index (χ3v) is 4.98. The number of ketones is 1. The number of likely N-dealkylation sites (tertiary alicyclic amines) is 1. The fraction of sp³-hybridized carbons (Fsp3) is 0.611. The van der Waals surface area contributed by atoms with Crippen LogP contribution in [0.2, 0.25) is 0 Å². The molecule has 0 saturated carbocycles. The number of aryl methyl sites for hydroxylation is 2. The van der Waals surface area contributed by atoms with Crippen molar-refractivity contribution in [3.05, 3.63) is 34.9 Å². The van der Waals surface area contributed by atoms with Crippen LogP contribution < -0.4 is 0 Å². The number of nitrogens with zero attached hydrogens (tertiary/aromatic N) is 1. The number of benzene rings is 1. The van der Waals surface area contributed by atoms with Crippen LogP contribution in [0.15, 0.2) is 18.2 Å².